The first kappa shape index (κ1) is 18.1. The second kappa shape index (κ2) is 7.74. The Morgan fingerprint density at radius 2 is 2.22 bits per heavy atom. The Bertz CT molecular complexity index is 949. The van der Waals surface area contributed by atoms with Crippen molar-refractivity contribution < 1.29 is 9.53 Å². The third kappa shape index (κ3) is 4.01. The van der Waals surface area contributed by atoms with Crippen LogP contribution >= 0.6 is 23.1 Å². The van der Waals surface area contributed by atoms with Gasteiger partial charge in [-0.25, -0.2) is 0 Å². The summed E-state index contributed by atoms with van der Waals surface area (Å²) in [5.41, 5.74) is 1.75. The van der Waals surface area contributed by atoms with Crippen molar-refractivity contribution in [2.45, 2.75) is 31.0 Å². The van der Waals surface area contributed by atoms with Gasteiger partial charge in [0.25, 0.3) is 0 Å². The van der Waals surface area contributed by atoms with E-state index in [4.69, 9.17) is 4.74 Å². The van der Waals surface area contributed by atoms with Gasteiger partial charge in [-0.3, -0.25) is 9.36 Å². The largest absolute Gasteiger partial charge is 0.495 e. The van der Waals surface area contributed by atoms with Gasteiger partial charge in [-0.15, -0.1) is 21.5 Å². The molecule has 0 atom stereocenters. The summed E-state index contributed by atoms with van der Waals surface area (Å²) in [6.07, 6.45) is 2.27. The maximum atomic E-state index is 12.5. The van der Waals surface area contributed by atoms with Crippen LogP contribution in [0.5, 0.6) is 5.75 Å². The highest BCUT2D eigenvalue weighted by Gasteiger charge is 2.30. The van der Waals surface area contributed by atoms with E-state index in [2.05, 4.69) is 26.1 Å². The van der Waals surface area contributed by atoms with Crippen molar-refractivity contribution in [2.75, 3.05) is 18.2 Å². The van der Waals surface area contributed by atoms with Crippen LogP contribution < -0.4 is 10.1 Å². The Kier molecular flexibility index (Phi) is 5.18. The van der Waals surface area contributed by atoms with Crippen molar-refractivity contribution in [1.29, 1.82) is 0 Å². The second-order valence-electron chi connectivity index (χ2n) is 6.43. The van der Waals surface area contributed by atoms with Crippen molar-refractivity contribution in [2.24, 2.45) is 0 Å². The molecule has 1 N–H and O–H groups in total. The van der Waals surface area contributed by atoms with Crippen LogP contribution in [0.15, 0.2) is 40.9 Å². The fourth-order valence-corrected chi connectivity index (χ4v) is 4.36. The number of methoxy groups -OCH3 is 1. The Labute approximate surface area is 166 Å². The van der Waals surface area contributed by atoms with Crippen LogP contribution in [0.1, 0.15) is 24.4 Å². The molecule has 2 heterocycles. The van der Waals surface area contributed by atoms with Crippen LogP contribution in [0.2, 0.25) is 0 Å². The van der Waals surface area contributed by atoms with Gasteiger partial charge in [-0.05, 0) is 48.9 Å². The van der Waals surface area contributed by atoms with Gasteiger partial charge in [-0.2, -0.15) is 0 Å². The number of thioether (sulfide) groups is 1. The van der Waals surface area contributed by atoms with E-state index in [1.807, 2.05) is 36.6 Å². The van der Waals surface area contributed by atoms with Gasteiger partial charge in [0.15, 0.2) is 11.0 Å². The second-order valence-corrected chi connectivity index (χ2v) is 8.32. The fraction of sp³-hybridized carbons (Fsp3) is 0.316. The summed E-state index contributed by atoms with van der Waals surface area (Å²) in [4.78, 5) is 13.6. The molecule has 0 bridgehead atoms. The summed E-state index contributed by atoms with van der Waals surface area (Å²) in [7, 11) is 1.60. The molecule has 1 fully saturated rings. The molecule has 1 saturated carbocycles. The number of carbonyl (C=O) groups excluding carboxylic acids is 1. The zero-order valence-corrected chi connectivity index (χ0v) is 16.8. The first-order valence-corrected chi connectivity index (χ1v) is 10.6. The van der Waals surface area contributed by atoms with Gasteiger partial charge in [0, 0.05) is 6.04 Å². The summed E-state index contributed by atoms with van der Waals surface area (Å²) < 4.78 is 7.50. The SMILES string of the molecule is COc1ccc(C)cc1NC(=O)CSc1nnc(-c2cccs2)n1C1CC1. The summed E-state index contributed by atoms with van der Waals surface area (Å²) in [5.74, 6) is 1.73. The molecule has 1 aliphatic carbocycles. The maximum absolute atomic E-state index is 12.5. The third-order valence-electron chi connectivity index (χ3n) is 4.28. The predicted molar refractivity (Wildman–Crippen MR) is 109 cm³/mol. The molecule has 4 rings (SSSR count). The Morgan fingerprint density at radius 1 is 1.37 bits per heavy atom. The molecule has 1 amide bonds. The minimum Gasteiger partial charge on any atom is -0.495 e. The van der Waals surface area contributed by atoms with Crippen LogP contribution in [0.4, 0.5) is 5.69 Å². The smallest absolute Gasteiger partial charge is 0.234 e. The standard InChI is InChI=1S/C19H20N4O2S2/c1-12-5-8-15(25-2)14(10-12)20-17(24)11-27-19-22-21-18(16-4-3-9-26-16)23(19)13-6-7-13/h3-5,8-10,13H,6-7,11H2,1-2H3,(H,20,24). The van der Waals surface area contributed by atoms with E-state index in [-0.39, 0.29) is 11.7 Å². The molecule has 0 unspecified atom stereocenters. The number of hydrogen-bond acceptors (Lipinski definition) is 6. The number of aryl methyl sites for hydroxylation is 1. The number of nitrogens with one attached hydrogen (secondary N) is 1. The fourth-order valence-electron chi connectivity index (χ4n) is 2.85. The molecule has 140 valence electrons. The quantitative estimate of drug-likeness (QED) is 0.596. The zero-order valence-electron chi connectivity index (χ0n) is 15.1. The molecule has 3 aromatic rings. The molecular weight excluding hydrogens is 380 g/mol. The number of anilines is 1. The van der Waals surface area contributed by atoms with Crippen LogP contribution in [0.25, 0.3) is 10.7 Å². The van der Waals surface area contributed by atoms with Crippen molar-refractivity contribution in [3.05, 3.63) is 41.3 Å². The molecule has 0 spiro atoms. The van der Waals surface area contributed by atoms with E-state index < -0.39 is 0 Å². The van der Waals surface area contributed by atoms with Gasteiger partial charge in [0.2, 0.25) is 5.91 Å². The lowest BCUT2D eigenvalue weighted by Crippen LogP contribution is -2.15. The van der Waals surface area contributed by atoms with Gasteiger partial charge < -0.3 is 10.1 Å². The highest BCUT2D eigenvalue weighted by atomic mass is 32.2. The monoisotopic (exact) mass is 400 g/mol. The van der Waals surface area contributed by atoms with E-state index in [0.717, 1.165) is 34.3 Å². The van der Waals surface area contributed by atoms with Crippen molar-refractivity contribution in [3.63, 3.8) is 0 Å². The maximum Gasteiger partial charge on any atom is 0.234 e. The molecule has 0 radical (unpaired) electrons. The molecule has 27 heavy (non-hydrogen) atoms. The molecule has 1 aromatic carbocycles. The van der Waals surface area contributed by atoms with Gasteiger partial charge in [0.05, 0.1) is 23.4 Å². The Hall–Kier alpha value is -2.32. The minimum atomic E-state index is -0.0908. The molecule has 0 aliphatic heterocycles. The number of aromatic nitrogens is 3. The molecule has 1 aliphatic rings. The number of hydrogen-bond donors (Lipinski definition) is 1. The van der Waals surface area contributed by atoms with Crippen molar-refractivity contribution >= 4 is 34.7 Å². The molecule has 8 heteroatoms. The van der Waals surface area contributed by atoms with E-state index in [9.17, 15) is 4.79 Å². The molecule has 6 nitrogen and oxygen atoms in total. The molecule has 0 saturated heterocycles. The summed E-state index contributed by atoms with van der Waals surface area (Å²) in [6.45, 7) is 1.98. The van der Waals surface area contributed by atoms with Crippen LogP contribution in [-0.2, 0) is 4.79 Å². The van der Waals surface area contributed by atoms with Gasteiger partial charge in [-0.1, -0.05) is 23.9 Å². The van der Waals surface area contributed by atoms with Crippen LogP contribution in [0.3, 0.4) is 0 Å². The number of amides is 1. The van der Waals surface area contributed by atoms with Crippen molar-refractivity contribution in [3.8, 4) is 16.5 Å². The number of thiophene rings is 1. The lowest BCUT2D eigenvalue weighted by Gasteiger charge is -2.11. The number of benzene rings is 1. The molecule has 2 aromatic heterocycles. The first-order chi connectivity index (χ1) is 13.2. The topological polar surface area (TPSA) is 69.0 Å². The van der Waals surface area contributed by atoms with E-state index >= 15 is 0 Å². The zero-order chi connectivity index (χ0) is 18.8. The first-order valence-electron chi connectivity index (χ1n) is 8.72. The number of ether oxygens (including phenoxy) is 1. The number of nitrogens with zero attached hydrogens (tertiary/aromatic N) is 3. The van der Waals surface area contributed by atoms with E-state index in [0.29, 0.717) is 17.5 Å². The van der Waals surface area contributed by atoms with E-state index in [1.165, 1.54) is 11.8 Å². The predicted octanol–water partition coefficient (Wildman–Crippen LogP) is 4.39. The Morgan fingerprint density at radius 3 is 2.93 bits per heavy atom. The summed E-state index contributed by atoms with van der Waals surface area (Å²) >= 11 is 3.07. The number of carbonyl (C=O) groups is 1. The lowest BCUT2D eigenvalue weighted by molar-refractivity contribution is -0.113. The highest BCUT2D eigenvalue weighted by Crippen LogP contribution is 2.41. The number of rotatable bonds is 7. The van der Waals surface area contributed by atoms with Crippen LogP contribution in [0, 0.1) is 6.92 Å². The summed E-state index contributed by atoms with van der Waals surface area (Å²) in [6, 6.07) is 10.2. The Balaban J connectivity index is 1.46. The van der Waals surface area contributed by atoms with Crippen molar-refractivity contribution in [1.82, 2.24) is 14.8 Å². The average Bonchev–Trinajstić information content (AvgIpc) is 3.18. The minimum absolute atomic E-state index is 0.0908. The average molecular weight is 401 g/mol. The lowest BCUT2D eigenvalue weighted by atomic mass is 10.2. The van der Waals surface area contributed by atoms with Gasteiger partial charge in [0.1, 0.15) is 5.75 Å². The third-order valence-corrected chi connectivity index (χ3v) is 6.09. The summed E-state index contributed by atoms with van der Waals surface area (Å²) in [5, 5.41) is 14.5. The van der Waals surface area contributed by atoms with E-state index in [1.54, 1.807) is 18.4 Å². The van der Waals surface area contributed by atoms with Gasteiger partial charge >= 0.3 is 0 Å². The van der Waals surface area contributed by atoms with Crippen LogP contribution in [-0.4, -0.2) is 33.5 Å². The normalized spacial score (nSPS) is 13.6. The highest BCUT2D eigenvalue weighted by molar-refractivity contribution is 7.99. The molecular formula is C19H20N4O2S2.